The fourth-order valence-electron chi connectivity index (χ4n) is 2.39. The minimum absolute atomic E-state index is 0.484. The number of piperazine rings is 1. The third kappa shape index (κ3) is 2.90. The Bertz CT molecular complexity index is 369. The van der Waals surface area contributed by atoms with Gasteiger partial charge in [-0.3, -0.25) is 4.90 Å². The van der Waals surface area contributed by atoms with Gasteiger partial charge >= 0.3 is 0 Å². The average molecular weight is 254 g/mol. The van der Waals surface area contributed by atoms with Crippen molar-refractivity contribution in [2.45, 2.75) is 25.8 Å². The quantitative estimate of drug-likeness (QED) is 0.771. The van der Waals surface area contributed by atoms with Gasteiger partial charge in [0.15, 0.2) is 0 Å². The fourth-order valence-corrected chi connectivity index (χ4v) is 2.54. The van der Waals surface area contributed by atoms with Crippen molar-refractivity contribution in [3.63, 3.8) is 0 Å². The topological polar surface area (TPSA) is 19.4 Å². The molecule has 0 amide bonds. The number of halogens is 1. The van der Waals surface area contributed by atoms with Crippen LogP contribution in [0.3, 0.4) is 0 Å². The molecule has 94 valence electrons. The van der Waals surface area contributed by atoms with E-state index in [1.165, 1.54) is 0 Å². The lowest BCUT2D eigenvalue weighted by molar-refractivity contribution is 0.199. The Morgan fingerprint density at radius 2 is 2.24 bits per heavy atom. The molecule has 0 saturated carbocycles. The summed E-state index contributed by atoms with van der Waals surface area (Å²) in [5.74, 6) is 1.55. The third-order valence-electron chi connectivity index (χ3n) is 3.42. The van der Waals surface area contributed by atoms with Crippen molar-refractivity contribution < 1.29 is 0 Å². The highest BCUT2D eigenvalue weighted by Gasteiger charge is 2.22. The van der Waals surface area contributed by atoms with Crippen LogP contribution in [0.25, 0.3) is 0 Å². The first-order valence-electron chi connectivity index (χ1n) is 6.25. The number of alkyl halides is 1. The monoisotopic (exact) mass is 253 g/mol. The second-order valence-electron chi connectivity index (χ2n) is 4.54. The maximum Gasteiger partial charge on any atom is 0.128 e. The fraction of sp³-hybridized carbons (Fsp3) is 0.615. The number of rotatable bonds is 3. The molecule has 17 heavy (non-hydrogen) atoms. The molecule has 1 unspecified atom stereocenters. The Morgan fingerprint density at radius 3 is 2.88 bits per heavy atom. The second kappa shape index (κ2) is 5.69. The molecule has 0 aliphatic carbocycles. The molecular weight excluding hydrogens is 234 g/mol. The summed E-state index contributed by atoms with van der Waals surface area (Å²) < 4.78 is 0. The zero-order chi connectivity index (χ0) is 12.3. The summed E-state index contributed by atoms with van der Waals surface area (Å²) in [7, 11) is 0. The SMILES string of the molecule is CCN1CCN(c2cccc(CCl)n2)CC1C. The number of pyridine rings is 1. The molecule has 0 aromatic carbocycles. The highest BCUT2D eigenvalue weighted by atomic mass is 35.5. The van der Waals surface area contributed by atoms with Crippen molar-refractivity contribution in [2.75, 3.05) is 31.1 Å². The lowest BCUT2D eigenvalue weighted by Gasteiger charge is -2.40. The first kappa shape index (κ1) is 12.7. The molecule has 4 heteroatoms. The summed E-state index contributed by atoms with van der Waals surface area (Å²) in [6, 6.07) is 6.68. The van der Waals surface area contributed by atoms with E-state index in [9.17, 15) is 0 Å². The second-order valence-corrected chi connectivity index (χ2v) is 4.81. The molecule has 2 rings (SSSR count). The number of hydrogen-bond donors (Lipinski definition) is 0. The van der Waals surface area contributed by atoms with Crippen LogP contribution < -0.4 is 4.90 Å². The van der Waals surface area contributed by atoms with Gasteiger partial charge in [-0.15, -0.1) is 11.6 Å². The summed E-state index contributed by atoms with van der Waals surface area (Å²) in [5.41, 5.74) is 0.953. The normalized spacial score (nSPS) is 21.8. The first-order valence-corrected chi connectivity index (χ1v) is 6.79. The molecule has 1 aliphatic rings. The van der Waals surface area contributed by atoms with Crippen LogP contribution >= 0.6 is 11.6 Å². The van der Waals surface area contributed by atoms with E-state index < -0.39 is 0 Å². The van der Waals surface area contributed by atoms with Gasteiger partial charge in [0.05, 0.1) is 11.6 Å². The predicted octanol–water partition coefficient (Wildman–Crippen LogP) is 2.35. The summed E-state index contributed by atoms with van der Waals surface area (Å²) in [5, 5.41) is 0. The van der Waals surface area contributed by atoms with Crippen molar-refractivity contribution in [3.8, 4) is 0 Å². The number of aromatic nitrogens is 1. The van der Waals surface area contributed by atoms with E-state index in [4.69, 9.17) is 11.6 Å². The van der Waals surface area contributed by atoms with Crippen LogP contribution in [0, 0.1) is 0 Å². The molecule has 0 radical (unpaired) electrons. The van der Waals surface area contributed by atoms with Crippen LogP contribution in [-0.2, 0) is 5.88 Å². The van der Waals surface area contributed by atoms with Crippen LogP contribution in [0.4, 0.5) is 5.82 Å². The molecule has 1 aromatic rings. The zero-order valence-corrected chi connectivity index (χ0v) is 11.3. The summed E-state index contributed by atoms with van der Waals surface area (Å²) in [4.78, 5) is 9.43. The summed E-state index contributed by atoms with van der Waals surface area (Å²) >= 11 is 5.82. The predicted molar refractivity (Wildman–Crippen MR) is 72.7 cm³/mol. The Labute approximate surface area is 108 Å². The van der Waals surface area contributed by atoms with E-state index in [2.05, 4.69) is 34.7 Å². The largest absolute Gasteiger partial charge is 0.354 e. The molecule has 1 atom stereocenters. The van der Waals surface area contributed by atoms with Crippen LogP contribution in [-0.4, -0.2) is 42.1 Å². The molecule has 1 aliphatic heterocycles. The van der Waals surface area contributed by atoms with E-state index in [-0.39, 0.29) is 0 Å². The van der Waals surface area contributed by atoms with Crippen LogP contribution in [0.2, 0.25) is 0 Å². The van der Waals surface area contributed by atoms with E-state index in [1.54, 1.807) is 0 Å². The van der Waals surface area contributed by atoms with Gasteiger partial charge in [-0.25, -0.2) is 4.98 Å². The lowest BCUT2D eigenvalue weighted by atomic mass is 10.2. The minimum atomic E-state index is 0.484. The van der Waals surface area contributed by atoms with Crippen LogP contribution in [0.15, 0.2) is 18.2 Å². The zero-order valence-electron chi connectivity index (χ0n) is 10.6. The highest BCUT2D eigenvalue weighted by molar-refractivity contribution is 6.16. The standard InChI is InChI=1S/C13H20ClN3/c1-3-16-7-8-17(10-11(16)2)13-6-4-5-12(9-14)15-13/h4-6,11H,3,7-10H2,1-2H3. The van der Waals surface area contributed by atoms with Crippen LogP contribution in [0.5, 0.6) is 0 Å². The van der Waals surface area contributed by atoms with Gasteiger partial charge in [0.1, 0.15) is 5.82 Å². The van der Waals surface area contributed by atoms with Gasteiger partial charge in [0, 0.05) is 25.7 Å². The Balaban J connectivity index is 2.08. The van der Waals surface area contributed by atoms with Crippen molar-refractivity contribution in [1.29, 1.82) is 0 Å². The summed E-state index contributed by atoms with van der Waals surface area (Å²) in [6.45, 7) is 8.84. The molecule has 1 fully saturated rings. The average Bonchev–Trinajstić information content (AvgIpc) is 2.38. The van der Waals surface area contributed by atoms with E-state index >= 15 is 0 Å². The molecule has 1 aromatic heterocycles. The highest BCUT2D eigenvalue weighted by Crippen LogP contribution is 2.17. The van der Waals surface area contributed by atoms with Crippen molar-refractivity contribution in [1.82, 2.24) is 9.88 Å². The van der Waals surface area contributed by atoms with E-state index in [0.717, 1.165) is 37.7 Å². The van der Waals surface area contributed by atoms with Crippen LogP contribution in [0.1, 0.15) is 19.5 Å². The molecular formula is C13H20ClN3. The van der Waals surface area contributed by atoms with Gasteiger partial charge < -0.3 is 4.90 Å². The number of hydrogen-bond acceptors (Lipinski definition) is 3. The van der Waals surface area contributed by atoms with E-state index in [0.29, 0.717) is 11.9 Å². The Morgan fingerprint density at radius 1 is 1.41 bits per heavy atom. The molecule has 0 N–H and O–H groups in total. The number of likely N-dealkylation sites (N-methyl/N-ethyl adjacent to an activating group) is 1. The summed E-state index contributed by atoms with van der Waals surface area (Å²) in [6.07, 6.45) is 0. The van der Waals surface area contributed by atoms with Gasteiger partial charge in [0.2, 0.25) is 0 Å². The molecule has 3 nitrogen and oxygen atoms in total. The van der Waals surface area contributed by atoms with Crippen molar-refractivity contribution in [2.24, 2.45) is 0 Å². The number of anilines is 1. The first-order chi connectivity index (χ1) is 8.24. The van der Waals surface area contributed by atoms with Crippen molar-refractivity contribution in [3.05, 3.63) is 23.9 Å². The van der Waals surface area contributed by atoms with Gasteiger partial charge in [0.25, 0.3) is 0 Å². The maximum atomic E-state index is 5.82. The van der Waals surface area contributed by atoms with Crippen molar-refractivity contribution >= 4 is 17.4 Å². The van der Waals surface area contributed by atoms with Gasteiger partial charge in [-0.1, -0.05) is 13.0 Å². The maximum absolute atomic E-state index is 5.82. The Hall–Kier alpha value is -0.800. The Kier molecular flexibility index (Phi) is 4.24. The third-order valence-corrected chi connectivity index (χ3v) is 3.70. The molecule has 2 heterocycles. The number of nitrogens with zero attached hydrogens (tertiary/aromatic N) is 3. The molecule has 0 spiro atoms. The van der Waals surface area contributed by atoms with Gasteiger partial charge in [-0.2, -0.15) is 0 Å². The van der Waals surface area contributed by atoms with Gasteiger partial charge in [-0.05, 0) is 25.6 Å². The lowest BCUT2D eigenvalue weighted by Crippen LogP contribution is -2.52. The minimum Gasteiger partial charge on any atom is -0.354 e. The van der Waals surface area contributed by atoms with E-state index in [1.807, 2.05) is 12.1 Å². The molecule has 0 bridgehead atoms. The molecule has 1 saturated heterocycles. The smallest absolute Gasteiger partial charge is 0.128 e.